The maximum absolute atomic E-state index is 2.36. The van der Waals surface area contributed by atoms with Gasteiger partial charge in [0.05, 0.1) is 0 Å². The predicted octanol–water partition coefficient (Wildman–Crippen LogP) is 7.14. The van der Waals surface area contributed by atoms with E-state index in [1.807, 2.05) is 11.3 Å². The molecule has 1 nitrogen and oxygen atoms in total. The summed E-state index contributed by atoms with van der Waals surface area (Å²) in [6, 6.07) is 24.6. The molecule has 0 fully saturated rings. The van der Waals surface area contributed by atoms with Crippen LogP contribution in [0.1, 0.15) is 16.7 Å². The Kier molecular flexibility index (Phi) is 4.25. The molecule has 0 unspecified atom stereocenters. The topological polar surface area (TPSA) is 3.88 Å². The van der Waals surface area contributed by atoms with Crippen molar-refractivity contribution in [2.24, 2.45) is 7.05 Å². The number of benzene rings is 3. The average Bonchev–Trinajstić information content (AvgIpc) is 3.05. The zero-order chi connectivity index (χ0) is 20.1. The van der Waals surface area contributed by atoms with Crippen molar-refractivity contribution in [2.75, 3.05) is 0 Å². The van der Waals surface area contributed by atoms with E-state index in [4.69, 9.17) is 0 Å². The van der Waals surface area contributed by atoms with E-state index in [1.54, 1.807) is 0 Å². The van der Waals surface area contributed by atoms with E-state index in [1.165, 1.54) is 59.2 Å². The number of aryl methyl sites for hydroxylation is 4. The molecule has 2 heterocycles. The van der Waals surface area contributed by atoms with Crippen molar-refractivity contribution >= 4 is 31.5 Å². The fourth-order valence-corrected chi connectivity index (χ4v) is 5.52. The van der Waals surface area contributed by atoms with Crippen LogP contribution in [0.5, 0.6) is 0 Å². The Balaban J connectivity index is 1.71. The maximum Gasteiger partial charge on any atom is 0.213 e. The molecule has 5 aromatic rings. The van der Waals surface area contributed by atoms with Gasteiger partial charge in [0, 0.05) is 37.4 Å². The molecule has 0 N–H and O–H groups in total. The Morgan fingerprint density at radius 2 is 1.41 bits per heavy atom. The fourth-order valence-electron chi connectivity index (χ4n) is 4.27. The molecule has 0 amide bonds. The van der Waals surface area contributed by atoms with Crippen LogP contribution in [0.3, 0.4) is 0 Å². The molecule has 5 rings (SSSR count). The van der Waals surface area contributed by atoms with Gasteiger partial charge in [-0.05, 0) is 61.2 Å². The third kappa shape index (κ3) is 3.04. The summed E-state index contributed by atoms with van der Waals surface area (Å²) >= 11 is 1.89. The molecule has 0 atom stereocenters. The molecule has 142 valence electrons. The van der Waals surface area contributed by atoms with E-state index in [9.17, 15) is 0 Å². The minimum atomic E-state index is 1.25. The SMILES string of the molecule is Cc1ccc2c(c1)sc1cc(-c3cc(-c4ccccc4C)[n+](C)cc3C)ccc12. The van der Waals surface area contributed by atoms with Crippen molar-refractivity contribution in [2.45, 2.75) is 20.8 Å². The van der Waals surface area contributed by atoms with E-state index in [0.29, 0.717) is 0 Å². The second-order valence-electron chi connectivity index (χ2n) is 7.99. The van der Waals surface area contributed by atoms with Gasteiger partial charge in [-0.1, -0.05) is 42.5 Å². The van der Waals surface area contributed by atoms with E-state index in [2.05, 4.69) is 105 Å². The predicted molar refractivity (Wildman–Crippen MR) is 126 cm³/mol. The van der Waals surface area contributed by atoms with Crippen molar-refractivity contribution in [3.8, 4) is 22.4 Å². The average molecular weight is 395 g/mol. The van der Waals surface area contributed by atoms with E-state index < -0.39 is 0 Å². The van der Waals surface area contributed by atoms with Crippen LogP contribution >= 0.6 is 11.3 Å². The van der Waals surface area contributed by atoms with Gasteiger partial charge in [0.1, 0.15) is 7.05 Å². The van der Waals surface area contributed by atoms with E-state index >= 15 is 0 Å². The highest BCUT2D eigenvalue weighted by molar-refractivity contribution is 7.25. The van der Waals surface area contributed by atoms with Crippen LogP contribution in [0, 0.1) is 20.8 Å². The van der Waals surface area contributed by atoms with Gasteiger partial charge in [0.15, 0.2) is 6.20 Å². The van der Waals surface area contributed by atoms with Crippen LogP contribution in [0.4, 0.5) is 0 Å². The summed E-state index contributed by atoms with van der Waals surface area (Å²) in [6.07, 6.45) is 2.25. The number of pyridine rings is 1. The Labute approximate surface area is 175 Å². The normalized spacial score (nSPS) is 11.4. The smallest absolute Gasteiger partial charge is 0.201 e. The lowest BCUT2D eigenvalue weighted by atomic mass is 9.97. The Morgan fingerprint density at radius 1 is 0.690 bits per heavy atom. The number of thiophene rings is 1. The number of nitrogens with zero attached hydrogens (tertiary/aromatic N) is 1. The van der Waals surface area contributed by atoms with Crippen LogP contribution < -0.4 is 4.57 Å². The number of hydrogen-bond acceptors (Lipinski definition) is 1. The van der Waals surface area contributed by atoms with Crippen molar-refractivity contribution in [1.29, 1.82) is 0 Å². The minimum Gasteiger partial charge on any atom is -0.201 e. The summed E-state index contributed by atoms with van der Waals surface area (Å²) in [5.74, 6) is 0. The molecule has 2 heteroatoms. The highest BCUT2D eigenvalue weighted by atomic mass is 32.1. The standard InChI is InChI=1S/C27H24NS/c1-17-9-11-22-23-12-10-20(14-27(23)29-26(22)13-17)24-15-25(28(4)16-19(24)3)21-8-6-5-7-18(21)2/h5-16H,1-4H3/q+1. The zero-order valence-corrected chi connectivity index (χ0v) is 18.1. The molecule has 0 radical (unpaired) electrons. The molecule has 0 bridgehead atoms. The lowest BCUT2D eigenvalue weighted by molar-refractivity contribution is -0.660. The molecule has 0 aliphatic rings. The lowest BCUT2D eigenvalue weighted by Crippen LogP contribution is -2.31. The maximum atomic E-state index is 2.36. The van der Waals surface area contributed by atoms with Crippen LogP contribution in [-0.2, 0) is 7.05 Å². The van der Waals surface area contributed by atoms with Gasteiger partial charge in [-0.2, -0.15) is 0 Å². The minimum absolute atomic E-state index is 1.25. The number of hydrogen-bond donors (Lipinski definition) is 0. The summed E-state index contributed by atoms with van der Waals surface area (Å²) in [6.45, 7) is 6.55. The first-order valence-electron chi connectivity index (χ1n) is 10.0. The summed E-state index contributed by atoms with van der Waals surface area (Å²) in [5.41, 5.74) is 9.03. The first kappa shape index (κ1) is 18.1. The lowest BCUT2D eigenvalue weighted by Gasteiger charge is -2.10. The molecule has 0 aliphatic carbocycles. The summed E-state index contributed by atoms with van der Waals surface area (Å²) in [5, 5.41) is 2.71. The van der Waals surface area contributed by atoms with Crippen LogP contribution in [0.15, 0.2) is 72.9 Å². The van der Waals surface area contributed by atoms with Gasteiger partial charge in [-0.25, -0.2) is 4.57 Å². The third-order valence-corrected chi connectivity index (χ3v) is 6.95. The third-order valence-electron chi connectivity index (χ3n) is 5.83. The highest BCUT2D eigenvalue weighted by Crippen LogP contribution is 2.37. The van der Waals surface area contributed by atoms with Crippen molar-refractivity contribution < 1.29 is 4.57 Å². The number of rotatable bonds is 2. The molecule has 0 spiro atoms. The van der Waals surface area contributed by atoms with Gasteiger partial charge in [0.2, 0.25) is 5.69 Å². The van der Waals surface area contributed by atoms with Gasteiger partial charge < -0.3 is 0 Å². The van der Waals surface area contributed by atoms with Crippen molar-refractivity contribution in [1.82, 2.24) is 0 Å². The van der Waals surface area contributed by atoms with Gasteiger partial charge in [-0.3, -0.25) is 0 Å². The molecule has 0 aliphatic heterocycles. The Morgan fingerprint density at radius 3 is 2.21 bits per heavy atom. The largest absolute Gasteiger partial charge is 0.213 e. The monoisotopic (exact) mass is 394 g/mol. The van der Waals surface area contributed by atoms with Crippen LogP contribution in [-0.4, -0.2) is 0 Å². The summed E-state index contributed by atoms with van der Waals surface area (Å²) < 4.78 is 4.96. The summed E-state index contributed by atoms with van der Waals surface area (Å²) in [7, 11) is 2.13. The summed E-state index contributed by atoms with van der Waals surface area (Å²) in [4.78, 5) is 0. The van der Waals surface area contributed by atoms with E-state index in [-0.39, 0.29) is 0 Å². The van der Waals surface area contributed by atoms with E-state index in [0.717, 1.165) is 0 Å². The van der Waals surface area contributed by atoms with Gasteiger partial charge in [-0.15, -0.1) is 11.3 Å². The second-order valence-corrected chi connectivity index (χ2v) is 9.08. The number of aromatic nitrogens is 1. The highest BCUT2D eigenvalue weighted by Gasteiger charge is 2.17. The van der Waals surface area contributed by atoms with Crippen LogP contribution in [0.2, 0.25) is 0 Å². The molecule has 0 saturated heterocycles. The first-order valence-corrected chi connectivity index (χ1v) is 10.8. The quantitative estimate of drug-likeness (QED) is 0.280. The molecule has 29 heavy (non-hydrogen) atoms. The molecular formula is C27H24NS+. The molecule has 2 aromatic heterocycles. The molecular weight excluding hydrogens is 370 g/mol. The number of fused-ring (bicyclic) bond motifs is 3. The Hall–Kier alpha value is -2.97. The molecule has 3 aromatic carbocycles. The van der Waals surface area contributed by atoms with Crippen LogP contribution in [0.25, 0.3) is 42.6 Å². The van der Waals surface area contributed by atoms with Gasteiger partial charge >= 0.3 is 0 Å². The fraction of sp³-hybridized carbons (Fsp3) is 0.148. The second kappa shape index (κ2) is 6.82. The van der Waals surface area contributed by atoms with Crippen molar-refractivity contribution in [3.63, 3.8) is 0 Å². The van der Waals surface area contributed by atoms with Crippen molar-refractivity contribution in [3.05, 3.63) is 89.6 Å². The Bertz CT molecular complexity index is 1390. The van der Waals surface area contributed by atoms with Gasteiger partial charge in [0.25, 0.3) is 0 Å². The zero-order valence-electron chi connectivity index (χ0n) is 17.3. The first-order chi connectivity index (χ1) is 14.0. The molecule has 0 saturated carbocycles.